The second kappa shape index (κ2) is 9.96. The number of hydrogen-bond donors (Lipinski definition) is 0. The number of benzene rings is 2. The van der Waals surface area contributed by atoms with E-state index in [1.807, 2.05) is 6.92 Å². The quantitative estimate of drug-likeness (QED) is 0.234. The zero-order valence-corrected chi connectivity index (χ0v) is 19.5. The molecule has 0 radical (unpaired) electrons. The van der Waals surface area contributed by atoms with Gasteiger partial charge in [0.25, 0.3) is 0 Å². The molecule has 7 nitrogen and oxygen atoms in total. The molecule has 1 aliphatic rings. The molecule has 190 valence electrons. The molecule has 0 aliphatic heterocycles. The van der Waals surface area contributed by atoms with Gasteiger partial charge in [-0.3, -0.25) is 0 Å². The SMILES string of the molecule is C=CC(=O)OC1CCC(Oc2ccc3cc(-c4ccc(OC)cc4OC(F)(F)F)c(=O)oc3c2)C1C. The van der Waals surface area contributed by atoms with Gasteiger partial charge in [-0.05, 0) is 43.2 Å². The van der Waals surface area contributed by atoms with Crippen LogP contribution in [0.4, 0.5) is 13.2 Å². The molecule has 0 N–H and O–H groups in total. The number of ether oxygens (including phenoxy) is 4. The Hall–Kier alpha value is -3.95. The summed E-state index contributed by atoms with van der Waals surface area (Å²) < 4.78 is 64.8. The molecule has 3 atom stereocenters. The Kier molecular flexibility index (Phi) is 6.96. The average Bonchev–Trinajstić information content (AvgIpc) is 3.16. The van der Waals surface area contributed by atoms with E-state index in [1.54, 1.807) is 12.1 Å². The molecule has 3 unspecified atom stereocenters. The molecule has 4 rings (SSSR count). The zero-order valence-electron chi connectivity index (χ0n) is 19.5. The molecule has 0 spiro atoms. The van der Waals surface area contributed by atoms with Crippen molar-refractivity contribution in [2.75, 3.05) is 7.11 Å². The summed E-state index contributed by atoms with van der Waals surface area (Å²) >= 11 is 0. The summed E-state index contributed by atoms with van der Waals surface area (Å²) in [5.74, 6) is -0.572. The predicted molar refractivity (Wildman–Crippen MR) is 124 cm³/mol. The minimum atomic E-state index is -4.97. The summed E-state index contributed by atoms with van der Waals surface area (Å²) in [6.07, 6.45) is -3.07. The van der Waals surface area contributed by atoms with Gasteiger partial charge in [-0.25, -0.2) is 9.59 Å². The molecule has 36 heavy (non-hydrogen) atoms. The first-order valence-electron chi connectivity index (χ1n) is 11.1. The molecule has 2 aromatic carbocycles. The van der Waals surface area contributed by atoms with E-state index >= 15 is 0 Å². The molecule has 0 bridgehead atoms. The topological polar surface area (TPSA) is 84.2 Å². The Morgan fingerprint density at radius 3 is 2.47 bits per heavy atom. The summed E-state index contributed by atoms with van der Waals surface area (Å²) in [4.78, 5) is 24.3. The maximum absolute atomic E-state index is 13.0. The van der Waals surface area contributed by atoms with Crippen LogP contribution >= 0.6 is 0 Å². The van der Waals surface area contributed by atoms with E-state index in [4.69, 9.17) is 18.6 Å². The fourth-order valence-electron chi connectivity index (χ4n) is 4.21. The minimum absolute atomic E-state index is 0.0684. The smallest absolute Gasteiger partial charge is 0.497 e. The van der Waals surface area contributed by atoms with Crippen LogP contribution in [0.5, 0.6) is 17.2 Å². The highest BCUT2D eigenvalue weighted by Crippen LogP contribution is 2.37. The molecule has 3 aromatic rings. The zero-order chi connectivity index (χ0) is 26.0. The van der Waals surface area contributed by atoms with Crippen molar-refractivity contribution in [3.05, 3.63) is 65.5 Å². The van der Waals surface area contributed by atoms with E-state index in [0.29, 0.717) is 24.0 Å². The molecule has 1 aliphatic carbocycles. The van der Waals surface area contributed by atoms with Crippen LogP contribution in [0.1, 0.15) is 19.8 Å². The third-order valence-electron chi connectivity index (χ3n) is 6.04. The van der Waals surface area contributed by atoms with Gasteiger partial charge in [0.1, 0.15) is 35.0 Å². The van der Waals surface area contributed by atoms with Gasteiger partial charge in [-0.2, -0.15) is 0 Å². The largest absolute Gasteiger partial charge is 0.573 e. The van der Waals surface area contributed by atoms with Crippen LogP contribution in [0.2, 0.25) is 0 Å². The van der Waals surface area contributed by atoms with Crippen molar-refractivity contribution in [3.8, 4) is 28.4 Å². The molecular weight excluding hydrogens is 481 g/mol. The highest BCUT2D eigenvalue weighted by molar-refractivity contribution is 5.84. The minimum Gasteiger partial charge on any atom is -0.497 e. The van der Waals surface area contributed by atoms with E-state index in [0.717, 1.165) is 12.1 Å². The normalized spacial score (nSPS) is 19.6. The number of hydrogen-bond acceptors (Lipinski definition) is 7. The number of carbonyl (C=O) groups excluding carboxylic acids is 1. The van der Waals surface area contributed by atoms with Gasteiger partial charge in [0.15, 0.2) is 0 Å². The van der Waals surface area contributed by atoms with E-state index in [2.05, 4.69) is 11.3 Å². The van der Waals surface area contributed by atoms with E-state index in [-0.39, 0.29) is 40.6 Å². The maximum Gasteiger partial charge on any atom is 0.573 e. The van der Waals surface area contributed by atoms with Crippen molar-refractivity contribution >= 4 is 16.9 Å². The number of methoxy groups -OCH3 is 1. The summed E-state index contributed by atoms with van der Waals surface area (Å²) in [5, 5.41) is 0.475. The average molecular weight is 504 g/mol. The Balaban J connectivity index is 1.61. The predicted octanol–water partition coefficient (Wildman–Crippen LogP) is 5.64. The van der Waals surface area contributed by atoms with E-state index in [1.165, 1.54) is 31.4 Å². The summed E-state index contributed by atoms with van der Waals surface area (Å²) in [5.41, 5.74) is -0.839. The van der Waals surface area contributed by atoms with Crippen LogP contribution in [-0.4, -0.2) is 31.6 Å². The molecule has 10 heteroatoms. The van der Waals surface area contributed by atoms with Crippen molar-refractivity contribution in [1.82, 2.24) is 0 Å². The Labute approximate surface area is 204 Å². The van der Waals surface area contributed by atoms with Crippen molar-refractivity contribution in [3.63, 3.8) is 0 Å². The van der Waals surface area contributed by atoms with Crippen molar-refractivity contribution < 1.29 is 41.3 Å². The van der Waals surface area contributed by atoms with Crippen molar-refractivity contribution in [2.45, 2.75) is 38.3 Å². The number of halogens is 3. The van der Waals surface area contributed by atoms with Crippen LogP contribution in [0, 0.1) is 5.92 Å². The summed E-state index contributed by atoms with van der Waals surface area (Å²) in [6.45, 7) is 5.32. The van der Waals surface area contributed by atoms with Crippen LogP contribution in [-0.2, 0) is 9.53 Å². The first kappa shape index (κ1) is 25.2. The summed E-state index contributed by atoms with van der Waals surface area (Å²) in [6, 6.07) is 10.0. The Morgan fingerprint density at radius 2 is 1.78 bits per heavy atom. The standard InChI is InChI=1S/C26H23F3O7/c1-4-24(30)34-21-10-9-20(14(21)2)33-17-6-5-15-11-19(25(31)35-22(15)13-17)18-8-7-16(32-3)12-23(18)36-26(27,28)29/h4-8,11-14,20-21H,1,9-10H2,2-3H3. The molecule has 1 aromatic heterocycles. The van der Waals surface area contributed by atoms with Crippen LogP contribution in [0.3, 0.4) is 0 Å². The Bertz CT molecular complexity index is 1350. The van der Waals surface area contributed by atoms with Gasteiger partial charge in [0.05, 0.1) is 12.7 Å². The number of fused-ring (bicyclic) bond motifs is 1. The third kappa shape index (κ3) is 5.48. The first-order chi connectivity index (χ1) is 17.1. The highest BCUT2D eigenvalue weighted by atomic mass is 19.4. The molecule has 0 amide bonds. The molecule has 1 saturated carbocycles. The third-order valence-corrected chi connectivity index (χ3v) is 6.04. The number of esters is 1. The highest BCUT2D eigenvalue weighted by Gasteiger charge is 2.37. The first-order valence-corrected chi connectivity index (χ1v) is 11.1. The molecule has 1 heterocycles. The van der Waals surface area contributed by atoms with E-state index in [9.17, 15) is 22.8 Å². The van der Waals surface area contributed by atoms with Crippen molar-refractivity contribution in [1.29, 1.82) is 0 Å². The van der Waals surface area contributed by atoms with Gasteiger partial charge in [0.2, 0.25) is 0 Å². The van der Waals surface area contributed by atoms with Gasteiger partial charge >= 0.3 is 18.0 Å². The molecule has 0 saturated heterocycles. The maximum atomic E-state index is 13.0. The van der Waals surface area contributed by atoms with Crippen LogP contribution in [0.25, 0.3) is 22.1 Å². The van der Waals surface area contributed by atoms with Gasteiger partial charge in [-0.15, -0.1) is 13.2 Å². The van der Waals surface area contributed by atoms with Crippen LogP contribution in [0.15, 0.2) is 64.3 Å². The number of rotatable bonds is 7. The number of alkyl halides is 3. The lowest BCUT2D eigenvalue weighted by atomic mass is 10.0. The lowest BCUT2D eigenvalue weighted by molar-refractivity contribution is -0.274. The van der Waals surface area contributed by atoms with Gasteiger partial charge in [-0.1, -0.05) is 13.5 Å². The second-order valence-corrected chi connectivity index (χ2v) is 8.33. The number of carbonyl (C=O) groups is 1. The molecular formula is C26H23F3O7. The van der Waals surface area contributed by atoms with Gasteiger partial charge in [0, 0.05) is 35.1 Å². The fourth-order valence-corrected chi connectivity index (χ4v) is 4.21. The summed E-state index contributed by atoms with van der Waals surface area (Å²) in [7, 11) is 1.30. The van der Waals surface area contributed by atoms with Gasteiger partial charge < -0.3 is 23.4 Å². The lowest BCUT2D eigenvalue weighted by Crippen LogP contribution is -2.27. The molecule has 1 fully saturated rings. The lowest BCUT2D eigenvalue weighted by Gasteiger charge is -2.21. The van der Waals surface area contributed by atoms with Crippen molar-refractivity contribution in [2.24, 2.45) is 5.92 Å². The monoisotopic (exact) mass is 504 g/mol. The van der Waals surface area contributed by atoms with Crippen LogP contribution < -0.4 is 19.8 Å². The fraction of sp³-hybridized carbons (Fsp3) is 0.308. The van der Waals surface area contributed by atoms with E-state index < -0.39 is 23.7 Å². The second-order valence-electron chi connectivity index (χ2n) is 8.33. The Morgan fingerprint density at radius 1 is 1.06 bits per heavy atom.